The van der Waals surface area contributed by atoms with Gasteiger partial charge in [-0.15, -0.1) is 0 Å². The zero-order valence-corrected chi connectivity index (χ0v) is 27.4. The molecule has 0 saturated heterocycles. The first-order chi connectivity index (χ1) is 22.6. The monoisotopic (exact) mass is 638 g/mol. The highest BCUT2D eigenvalue weighted by Gasteiger charge is 2.34. The first kappa shape index (κ1) is 33.6. The number of fused-ring (bicyclic) bond motifs is 1. The molecule has 5 rings (SSSR count). The molecular weight excluding hydrogens is 595 g/mol. The molecule has 1 heterocycles. The third kappa shape index (κ3) is 8.36. The molecule has 0 unspecified atom stereocenters. The van der Waals surface area contributed by atoms with E-state index in [1.54, 1.807) is 35.2 Å². The second-order valence-electron chi connectivity index (χ2n) is 12.4. The van der Waals surface area contributed by atoms with Crippen molar-refractivity contribution < 1.29 is 23.8 Å². The standard InChI is InChI=1S/C38H43FN4O4/c1-26-22-43(27(2)25-44)38(46)33-11-8-12-34(40-36(45)21-28-13-17-30(39)18-14-28)37(33)47-35(26)24-41(3)23-29-15-19-32(20-16-29)42(4)31-9-6-5-7-10-31/h5-20,26-27,35,44H,21-25H2,1-4H3,(H,40,45)/t26-,27+,35-/m1/s1. The van der Waals surface area contributed by atoms with Crippen LogP contribution in [0.2, 0.25) is 0 Å². The SMILES string of the molecule is C[C@@H]1CN([C@@H](C)CO)C(=O)c2cccc(NC(=O)Cc3ccc(F)cc3)c2O[C@@H]1CN(C)Cc1ccc(N(C)c2ccccc2)cc1. The number of anilines is 3. The van der Waals surface area contributed by atoms with Gasteiger partial charge in [-0.05, 0) is 73.6 Å². The Morgan fingerprint density at radius 3 is 2.30 bits per heavy atom. The van der Waals surface area contributed by atoms with Gasteiger partial charge in [0.25, 0.3) is 5.91 Å². The largest absolute Gasteiger partial charge is 0.486 e. The highest BCUT2D eigenvalue weighted by molar-refractivity contribution is 6.02. The average Bonchev–Trinajstić information content (AvgIpc) is 3.07. The summed E-state index contributed by atoms with van der Waals surface area (Å²) < 4.78 is 20.1. The Morgan fingerprint density at radius 1 is 0.957 bits per heavy atom. The van der Waals surface area contributed by atoms with Gasteiger partial charge in [0.2, 0.25) is 5.91 Å². The van der Waals surface area contributed by atoms with Gasteiger partial charge in [0.1, 0.15) is 11.9 Å². The summed E-state index contributed by atoms with van der Waals surface area (Å²) >= 11 is 0. The first-order valence-electron chi connectivity index (χ1n) is 15.9. The Bertz CT molecular complexity index is 1650. The van der Waals surface area contributed by atoms with E-state index >= 15 is 0 Å². The summed E-state index contributed by atoms with van der Waals surface area (Å²) in [7, 11) is 4.09. The van der Waals surface area contributed by atoms with Gasteiger partial charge >= 0.3 is 0 Å². The van der Waals surface area contributed by atoms with Crippen LogP contribution in [0.25, 0.3) is 0 Å². The number of aliphatic hydroxyl groups excluding tert-OH is 1. The van der Waals surface area contributed by atoms with E-state index in [0.29, 0.717) is 42.2 Å². The first-order valence-corrected chi connectivity index (χ1v) is 15.9. The lowest BCUT2D eigenvalue weighted by Crippen LogP contribution is -2.49. The van der Waals surface area contributed by atoms with Gasteiger partial charge < -0.3 is 25.0 Å². The molecule has 0 aromatic heterocycles. The molecule has 8 nitrogen and oxygen atoms in total. The Kier molecular flexibility index (Phi) is 10.9. The van der Waals surface area contributed by atoms with Crippen LogP contribution < -0.4 is 15.0 Å². The fourth-order valence-corrected chi connectivity index (χ4v) is 5.85. The minimum absolute atomic E-state index is 0.0358. The maximum atomic E-state index is 13.8. The van der Waals surface area contributed by atoms with Crippen molar-refractivity contribution in [1.82, 2.24) is 9.80 Å². The minimum atomic E-state index is -0.404. The molecule has 246 valence electrons. The molecule has 2 amide bonds. The van der Waals surface area contributed by atoms with Crippen LogP contribution in [-0.4, -0.2) is 72.7 Å². The molecule has 4 aromatic rings. The van der Waals surface area contributed by atoms with Crippen molar-refractivity contribution in [1.29, 1.82) is 0 Å². The number of rotatable bonds is 11. The number of ether oxygens (including phenoxy) is 1. The lowest BCUT2D eigenvalue weighted by atomic mass is 9.98. The normalized spacial score (nSPS) is 16.9. The molecule has 0 fully saturated rings. The number of aliphatic hydroxyl groups is 1. The molecule has 47 heavy (non-hydrogen) atoms. The smallest absolute Gasteiger partial charge is 0.258 e. The van der Waals surface area contributed by atoms with E-state index in [1.165, 1.54) is 12.1 Å². The number of hydrogen-bond acceptors (Lipinski definition) is 6. The van der Waals surface area contributed by atoms with E-state index < -0.39 is 6.04 Å². The number of nitrogens with one attached hydrogen (secondary N) is 1. The van der Waals surface area contributed by atoms with Crippen molar-refractivity contribution in [3.63, 3.8) is 0 Å². The van der Waals surface area contributed by atoms with Gasteiger partial charge in [-0.1, -0.05) is 55.5 Å². The zero-order valence-electron chi connectivity index (χ0n) is 27.4. The summed E-state index contributed by atoms with van der Waals surface area (Å²) in [5.74, 6) is -0.737. The number of benzene rings is 4. The molecule has 9 heteroatoms. The number of nitrogens with zero attached hydrogens (tertiary/aromatic N) is 3. The Labute approximate surface area is 276 Å². The number of amides is 2. The highest BCUT2D eigenvalue weighted by Crippen LogP contribution is 2.35. The maximum Gasteiger partial charge on any atom is 0.258 e. The van der Waals surface area contributed by atoms with E-state index in [2.05, 4.69) is 51.5 Å². The molecule has 1 aliphatic heterocycles. The average molecular weight is 639 g/mol. The minimum Gasteiger partial charge on any atom is -0.486 e. The van der Waals surface area contributed by atoms with Crippen LogP contribution in [-0.2, 0) is 17.8 Å². The summed E-state index contributed by atoms with van der Waals surface area (Å²) in [6, 6.07) is 29.2. The van der Waals surface area contributed by atoms with Crippen molar-refractivity contribution in [2.75, 3.05) is 44.0 Å². The summed E-state index contributed by atoms with van der Waals surface area (Å²) in [4.78, 5) is 32.9. The van der Waals surface area contributed by atoms with Crippen molar-refractivity contribution in [2.45, 2.75) is 39.0 Å². The summed E-state index contributed by atoms with van der Waals surface area (Å²) in [6.07, 6.45) is -0.299. The summed E-state index contributed by atoms with van der Waals surface area (Å²) in [6.45, 7) is 5.32. The second-order valence-corrected chi connectivity index (χ2v) is 12.4. The van der Waals surface area contributed by atoms with E-state index in [9.17, 15) is 19.1 Å². The summed E-state index contributed by atoms with van der Waals surface area (Å²) in [5.41, 5.74) is 4.73. The van der Waals surface area contributed by atoms with Crippen molar-refractivity contribution in [3.8, 4) is 5.75 Å². The molecular formula is C38H43FN4O4. The lowest BCUT2D eigenvalue weighted by Gasteiger charge is -2.38. The fraction of sp³-hybridized carbons (Fsp3) is 0.316. The summed E-state index contributed by atoms with van der Waals surface area (Å²) in [5, 5.41) is 12.9. The van der Waals surface area contributed by atoms with E-state index in [0.717, 1.165) is 16.9 Å². The second kappa shape index (κ2) is 15.2. The van der Waals surface area contributed by atoms with Crippen molar-refractivity contribution >= 4 is 28.9 Å². The van der Waals surface area contributed by atoms with Crippen LogP contribution >= 0.6 is 0 Å². The van der Waals surface area contributed by atoms with E-state index in [4.69, 9.17) is 4.74 Å². The quantitative estimate of drug-likeness (QED) is 0.206. The molecule has 0 bridgehead atoms. The third-order valence-corrected chi connectivity index (χ3v) is 8.65. The van der Waals surface area contributed by atoms with Gasteiger partial charge in [-0.3, -0.25) is 14.5 Å². The Morgan fingerprint density at radius 2 is 1.62 bits per heavy atom. The number of likely N-dealkylation sites (N-methyl/N-ethyl adjacent to an activating group) is 1. The predicted molar refractivity (Wildman–Crippen MR) is 184 cm³/mol. The zero-order chi connectivity index (χ0) is 33.5. The highest BCUT2D eigenvalue weighted by atomic mass is 19.1. The number of para-hydroxylation sites is 2. The van der Waals surface area contributed by atoms with Crippen LogP contribution in [0.5, 0.6) is 5.75 Å². The van der Waals surface area contributed by atoms with E-state index in [1.807, 2.05) is 46.1 Å². The number of carbonyl (C=O) groups is 2. The number of halogens is 1. The predicted octanol–water partition coefficient (Wildman–Crippen LogP) is 6.13. The Hall–Kier alpha value is -4.73. The van der Waals surface area contributed by atoms with Gasteiger partial charge in [0.15, 0.2) is 5.75 Å². The van der Waals surface area contributed by atoms with Crippen molar-refractivity contribution in [2.24, 2.45) is 5.92 Å². The molecule has 0 saturated carbocycles. The van der Waals surface area contributed by atoms with Crippen LogP contribution in [0.15, 0.2) is 97.1 Å². The van der Waals surface area contributed by atoms with Crippen molar-refractivity contribution in [3.05, 3.63) is 120 Å². The van der Waals surface area contributed by atoms with Gasteiger partial charge in [-0.25, -0.2) is 4.39 Å². The Balaban J connectivity index is 1.35. The molecule has 4 aromatic carbocycles. The molecule has 0 aliphatic carbocycles. The lowest BCUT2D eigenvalue weighted by molar-refractivity contribution is -0.115. The number of carbonyl (C=O) groups excluding carboxylic acids is 2. The molecule has 0 spiro atoms. The molecule has 0 radical (unpaired) electrons. The van der Waals surface area contributed by atoms with Gasteiger partial charge in [0.05, 0.1) is 30.3 Å². The van der Waals surface area contributed by atoms with Crippen LogP contribution in [0.4, 0.5) is 21.5 Å². The third-order valence-electron chi connectivity index (χ3n) is 8.65. The van der Waals surface area contributed by atoms with E-state index in [-0.39, 0.29) is 42.7 Å². The van der Waals surface area contributed by atoms with Gasteiger partial charge in [0, 0.05) is 44.0 Å². The molecule has 3 atom stereocenters. The number of hydrogen-bond donors (Lipinski definition) is 2. The molecule has 2 N–H and O–H groups in total. The van der Waals surface area contributed by atoms with Crippen LogP contribution in [0.1, 0.15) is 35.3 Å². The maximum absolute atomic E-state index is 13.8. The van der Waals surface area contributed by atoms with Gasteiger partial charge in [-0.2, -0.15) is 0 Å². The molecule has 1 aliphatic rings. The van der Waals surface area contributed by atoms with Crippen LogP contribution in [0.3, 0.4) is 0 Å². The fourth-order valence-electron chi connectivity index (χ4n) is 5.85. The topological polar surface area (TPSA) is 85.3 Å². The van der Waals surface area contributed by atoms with Crippen LogP contribution in [0, 0.1) is 11.7 Å².